The summed E-state index contributed by atoms with van der Waals surface area (Å²) in [5, 5.41) is 7.43. The zero-order chi connectivity index (χ0) is 21.6. The first-order valence-corrected chi connectivity index (χ1v) is 10.9. The summed E-state index contributed by atoms with van der Waals surface area (Å²) < 4.78 is 8.76. The number of benzene rings is 2. The van der Waals surface area contributed by atoms with E-state index in [2.05, 4.69) is 26.3 Å². The number of hydrogen-bond acceptors (Lipinski definition) is 4. The third-order valence-electron chi connectivity index (χ3n) is 5.81. The van der Waals surface area contributed by atoms with Crippen molar-refractivity contribution in [1.82, 2.24) is 20.0 Å². The van der Waals surface area contributed by atoms with E-state index < -0.39 is 5.72 Å². The summed E-state index contributed by atoms with van der Waals surface area (Å²) in [5.74, 6) is 0.402. The highest BCUT2D eigenvalue weighted by Gasteiger charge is 2.43. The van der Waals surface area contributed by atoms with E-state index in [-0.39, 0.29) is 11.8 Å². The predicted octanol–water partition coefficient (Wildman–Crippen LogP) is 3.60. The second-order valence-corrected chi connectivity index (χ2v) is 8.85. The van der Waals surface area contributed by atoms with E-state index >= 15 is 0 Å². The molecule has 0 aliphatic carbocycles. The van der Waals surface area contributed by atoms with Gasteiger partial charge >= 0.3 is 0 Å². The van der Waals surface area contributed by atoms with Crippen molar-refractivity contribution in [3.8, 4) is 17.0 Å². The van der Waals surface area contributed by atoms with Gasteiger partial charge in [-0.1, -0.05) is 28.1 Å². The minimum Gasteiger partial charge on any atom is -0.467 e. The standard InChI is InChI=1S/C23H21BrN4O3/c1-27-10-7-19(26-27)15-3-2-4-16(13-15)22(30)28-11-8-23(9-12-28)25-21(29)18-14-17(24)5-6-20(18)31-23/h2-7,10,13-14H,8-9,11-12H2,1H3,(H,25,29). The van der Waals surface area contributed by atoms with Crippen LogP contribution in [-0.2, 0) is 7.05 Å². The molecule has 0 unspecified atom stereocenters. The highest BCUT2D eigenvalue weighted by Crippen LogP contribution is 2.35. The minimum absolute atomic E-state index is 0.0286. The fourth-order valence-electron chi connectivity index (χ4n) is 4.14. The maximum atomic E-state index is 13.1. The predicted molar refractivity (Wildman–Crippen MR) is 119 cm³/mol. The van der Waals surface area contributed by atoms with E-state index in [9.17, 15) is 9.59 Å². The summed E-state index contributed by atoms with van der Waals surface area (Å²) >= 11 is 3.39. The maximum Gasteiger partial charge on any atom is 0.258 e. The molecule has 0 atom stereocenters. The van der Waals surface area contributed by atoms with Gasteiger partial charge in [-0.05, 0) is 36.4 Å². The van der Waals surface area contributed by atoms with Crippen molar-refractivity contribution in [3.05, 3.63) is 70.3 Å². The fourth-order valence-corrected chi connectivity index (χ4v) is 4.50. The number of carbonyl (C=O) groups excluding carboxylic acids is 2. The van der Waals surface area contributed by atoms with Gasteiger partial charge in [0.05, 0.1) is 11.3 Å². The number of nitrogens with zero attached hydrogens (tertiary/aromatic N) is 3. The van der Waals surface area contributed by atoms with E-state index in [0.29, 0.717) is 42.8 Å². The van der Waals surface area contributed by atoms with E-state index in [1.54, 1.807) is 16.8 Å². The lowest BCUT2D eigenvalue weighted by Gasteiger charge is -2.44. The van der Waals surface area contributed by atoms with Gasteiger partial charge in [0.1, 0.15) is 5.75 Å². The molecule has 3 aromatic rings. The summed E-state index contributed by atoms with van der Waals surface area (Å²) in [4.78, 5) is 27.6. The van der Waals surface area contributed by atoms with Crippen molar-refractivity contribution < 1.29 is 14.3 Å². The number of piperidine rings is 1. The topological polar surface area (TPSA) is 76.5 Å². The minimum atomic E-state index is -0.773. The highest BCUT2D eigenvalue weighted by molar-refractivity contribution is 9.10. The van der Waals surface area contributed by atoms with Gasteiger partial charge < -0.3 is 15.0 Å². The molecule has 0 radical (unpaired) electrons. The number of amides is 2. The molecule has 31 heavy (non-hydrogen) atoms. The number of fused-ring (bicyclic) bond motifs is 1. The Labute approximate surface area is 188 Å². The second-order valence-electron chi connectivity index (χ2n) is 7.94. The van der Waals surface area contributed by atoms with Gasteiger partial charge in [0.15, 0.2) is 5.72 Å². The molecule has 7 nitrogen and oxygen atoms in total. The number of halogens is 1. The maximum absolute atomic E-state index is 13.1. The van der Waals surface area contributed by atoms with E-state index in [4.69, 9.17) is 4.74 Å². The summed E-state index contributed by atoms with van der Waals surface area (Å²) in [6.07, 6.45) is 2.93. The van der Waals surface area contributed by atoms with Crippen molar-refractivity contribution in [2.24, 2.45) is 7.05 Å². The Morgan fingerprint density at radius 2 is 1.97 bits per heavy atom. The zero-order valence-electron chi connectivity index (χ0n) is 17.0. The molecule has 158 valence electrons. The average Bonchev–Trinajstić information content (AvgIpc) is 3.21. The summed E-state index contributed by atoms with van der Waals surface area (Å²) in [6.45, 7) is 0.998. The van der Waals surface area contributed by atoms with Crippen LogP contribution in [0.25, 0.3) is 11.3 Å². The lowest BCUT2D eigenvalue weighted by Crippen LogP contribution is -2.61. The molecular weight excluding hydrogens is 460 g/mol. The Morgan fingerprint density at radius 1 is 1.16 bits per heavy atom. The molecule has 2 amide bonds. The van der Waals surface area contributed by atoms with Crippen molar-refractivity contribution in [2.45, 2.75) is 18.6 Å². The normalized spacial score (nSPS) is 17.1. The first kappa shape index (κ1) is 19.8. The van der Waals surface area contributed by atoms with Crippen molar-refractivity contribution in [2.75, 3.05) is 13.1 Å². The van der Waals surface area contributed by atoms with Crippen LogP contribution in [-0.4, -0.2) is 45.3 Å². The number of nitrogens with one attached hydrogen (secondary N) is 1. The van der Waals surface area contributed by atoms with Crippen LogP contribution in [0.15, 0.2) is 59.2 Å². The summed E-state index contributed by atoms with van der Waals surface area (Å²) in [7, 11) is 1.87. The fraction of sp³-hybridized carbons (Fsp3) is 0.261. The zero-order valence-corrected chi connectivity index (χ0v) is 18.6. The van der Waals surface area contributed by atoms with Crippen molar-refractivity contribution in [3.63, 3.8) is 0 Å². The van der Waals surface area contributed by atoms with Crippen LogP contribution in [0.4, 0.5) is 0 Å². The lowest BCUT2D eigenvalue weighted by molar-refractivity contribution is -0.0245. The molecule has 8 heteroatoms. The number of hydrogen-bond donors (Lipinski definition) is 1. The number of aryl methyl sites for hydroxylation is 1. The number of aromatic nitrogens is 2. The Balaban J connectivity index is 1.30. The van der Waals surface area contributed by atoms with Crippen LogP contribution >= 0.6 is 15.9 Å². The van der Waals surface area contributed by atoms with Crippen LogP contribution < -0.4 is 10.1 Å². The lowest BCUT2D eigenvalue weighted by atomic mass is 9.96. The van der Waals surface area contributed by atoms with Crippen LogP contribution in [0, 0.1) is 0 Å². The van der Waals surface area contributed by atoms with Gasteiger partial charge in [-0.3, -0.25) is 14.3 Å². The SMILES string of the molecule is Cn1ccc(-c2cccc(C(=O)N3CCC4(CC3)NC(=O)c3cc(Br)ccc3O4)c2)n1. The quantitative estimate of drug-likeness (QED) is 0.607. The van der Waals surface area contributed by atoms with E-state index in [1.807, 2.05) is 54.5 Å². The van der Waals surface area contributed by atoms with Crippen LogP contribution in [0.2, 0.25) is 0 Å². The molecular formula is C23H21BrN4O3. The molecule has 2 aromatic carbocycles. The van der Waals surface area contributed by atoms with Crippen molar-refractivity contribution in [1.29, 1.82) is 0 Å². The molecule has 1 saturated heterocycles. The largest absolute Gasteiger partial charge is 0.467 e. The van der Waals surface area contributed by atoms with Gasteiger partial charge in [-0.2, -0.15) is 5.10 Å². The number of carbonyl (C=O) groups is 2. The van der Waals surface area contributed by atoms with E-state index in [1.165, 1.54) is 0 Å². The van der Waals surface area contributed by atoms with Gasteiger partial charge in [-0.25, -0.2) is 0 Å². The monoisotopic (exact) mass is 480 g/mol. The molecule has 1 aromatic heterocycles. The molecule has 1 fully saturated rings. The smallest absolute Gasteiger partial charge is 0.258 e. The first-order valence-electron chi connectivity index (χ1n) is 10.1. The number of likely N-dealkylation sites (tertiary alicyclic amines) is 1. The number of ether oxygens (including phenoxy) is 1. The third kappa shape index (κ3) is 3.72. The van der Waals surface area contributed by atoms with E-state index in [0.717, 1.165) is 15.7 Å². The molecule has 0 bridgehead atoms. The Morgan fingerprint density at radius 3 is 2.71 bits per heavy atom. The Bertz CT molecular complexity index is 1180. The van der Waals surface area contributed by atoms with Gasteiger partial charge in [0.2, 0.25) is 0 Å². The Kier molecular flexibility index (Phi) is 4.81. The van der Waals surface area contributed by atoms with Crippen molar-refractivity contribution >= 4 is 27.7 Å². The summed E-state index contributed by atoms with van der Waals surface area (Å²) in [5.41, 5.74) is 2.11. The molecule has 1 N–H and O–H groups in total. The highest BCUT2D eigenvalue weighted by atomic mass is 79.9. The Hall–Kier alpha value is -3.13. The van der Waals surface area contributed by atoms with Gasteiger partial charge in [0, 0.05) is 54.8 Å². The van der Waals surface area contributed by atoms with Crippen LogP contribution in [0.5, 0.6) is 5.75 Å². The molecule has 2 aliphatic rings. The van der Waals surface area contributed by atoms with Crippen LogP contribution in [0.1, 0.15) is 33.6 Å². The molecule has 1 spiro atoms. The molecule has 2 aliphatic heterocycles. The number of rotatable bonds is 2. The van der Waals surface area contributed by atoms with Gasteiger partial charge in [-0.15, -0.1) is 0 Å². The van der Waals surface area contributed by atoms with Crippen LogP contribution in [0.3, 0.4) is 0 Å². The second kappa shape index (κ2) is 7.53. The summed E-state index contributed by atoms with van der Waals surface area (Å²) in [6, 6.07) is 14.9. The van der Waals surface area contributed by atoms with Gasteiger partial charge in [0.25, 0.3) is 11.8 Å². The first-order chi connectivity index (χ1) is 14.9. The average molecular weight is 481 g/mol. The third-order valence-corrected chi connectivity index (χ3v) is 6.30. The molecule has 3 heterocycles. The molecule has 0 saturated carbocycles. The molecule has 5 rings (SSSR count).